The lowest BCUT2D eigenvalue weighted by Crippen LogP contribution is -1.91. The van der Waals surface area contributed by atoms with E-state index < -0.39 is 0 Å². The average molecular weight is 325 g/mol. The van der Waals surface area contributed by atoms with Crippen molar-refractivity contribution >= 4 is 32.3 Å². The van der Waals surface area contributed by atoms with Crippen LogP contribution in [0.3, 0.4) is 0 Å². The molecule has 3 nitrogen and oxygen atoms in total. The third-order valence-corrected chi connectivity index (χ3v) is 4.55. The van der Waals surface area contributed by atoms with Gasteiger partial charge in [-0.05, 0) is 31.0 Å². The molecule has 0 radical (unpaired) electrons. The molecule has 1 aliphatic carbocycles. The fraction of sp³-hybridized carbons (Fsp3) is 0.308. The third kappa shape index (κ3) is 2.12. The maximum absolute atomic E-state index is 6.10. The van der Waals surface area contributed by atoms with Crippen molar-refractivity contribution in [2.24, 2.45) is 0 Å². The van der Waals surface area contributed by atoms with Crippen molar-refractivity contribution in [3.05, 3.63) is 27.7 Å². The van der Waals surface area contributed by atoms with Crippen LogP contribution in [0, 0.1) is 0 Å². The number of nitrogens with two attached hydrogens (primary N) is 1. The lowest BCUT2D eigenvalue weighted by molar-refractivity contribution is 0.416. The summed E-state index contributed by atoms with van der Waals surface area (Å²) in [6, 6.07) is 5.88. The van der Waals surface area contributed by atoms with Crippen molar-refractivity contribution in [2.75, 3.05) is 12.8 Å². The molecule has 1 fully saturated rings. The van der Waals surface area contributed by atoms with Crippen molar-refractivity contribution < 1.29 is 4.74 Å². The highest BCUT2D eigenvalue weighted by Crippen LogP contribution is 2.46. The van der Waals surface area contributed by atoms with Crippen LogP contribution in [-0.4, -0.2) is 12.1 Å². The first-order chi connectivity index (χ1) is 8.69. The van der Waals surface area contributed by atoms with E-state index in [0.29, 0.717) is 5.92 Å². The molecule has 0 unspecified atom stereocenters. The van der Waals surface area contributed by atoms with E-state index in [1.54, 1.807) is 18.4 Å². The van der Waals surface area contributed by atoms with Gasteiger partial charge in [0.25, 0.3) is 0 Å². The zero-order chi connectivity index (χ0) is 12.7. The Morgan fingerprint density at radius 3 is 2.89 bits per heavy atom. The van der Waals surface area contributed by atoms with Crippen molar-refractivity contribution in [1.82, 2.24) is 4.98 Å². The highest BCUT2D eigenvalue weighted by Gasteiger charge is 2.28. The van der Waals surface area contributed by atoms with Gasteiger partial charge in [0.05, 0.1) is 12.1 Å². The number of methoxy groups -OCH3 is 1. The van der Waals surface area contributed by atoms with E-state index in [0.717, 1.165) is 31.5 Å². The molecule has 0 aliphatic heterocycles. The molecular weight excluding hydrogens is 312 g/mol. The highest BCUT2D eigenvalue weighted by atomic mass is 79.9. The molecule has 3 rings (SSSR count). The molecule has 0 saturated heterocycles. The first kappa shape index (κ1) is 12.0. The van der Waals surface area contributed by atoms with Crippen LogP contribution in [0.4, 0.5) is 5.00 Å². The fourth-order valence-corrected chi connectivity index (χ4v) is 3.29. The van der Waals surface area contributed by atoms with E-state index in [-0.39, 0.29) is 0 Å². The molecule has 18 heavy (non-hydrogen) atoms. The van der Waals surface area contributed by atoms with E-state index in [9.17, 15) is 0 Å². The van der Waals surface area contributed by atoms with Crippen molar-refractivity contribution in [3.63, 3.8) is 0 Å². The lowest BCUT2D eigenvalue weighted by atomic mass is 10.1. The van der Waals surface area contributed by atoms with Gasteiger partial charge in [-0.3, -0.25) is 0 Å². The van der Waals surface area contributed by atoms with E-state index in [1.807, 2.05) is 18.2 Å². The van der Waals surface area contributed by atoms with Crippen molar-refractivity contribution in [2.45, 2.75) is 18.8 Å². The Kier molecular flexibility index (Phi) is 3.03. The van der Waals surface area contributed by atoms with Crippen molar-refractivity contribution in [1.29, 1.82) is 0 Å². The number of nitrogens with zero attached hydrogens (tertiary/aromatic N) is 1. The number of thiazole rings is 1. The van der Waals surface area contributed by atoms with E-state index >= 15 is 0 Å². The topological polar surface area (TPSA) is 48.1 Å². The van der Waals surface area contributed by atoms with Crippen LogP contribution in [0.1, 0.15) is 23.8 Å². The Bertz CT molecular complexity index is 593. The monoisotopic (exact) mass is 324 g/mol. The standard InChI is InChI=1S/C13H13BrN2OS/c1-17-10-5-4-8(14)6-9(10)11-12(15)18-13(16-11)7-2-3-7/h4-7H,2-3,15H2,1H3. The number of nitrogen functional groups attached to an aromatic ring is 1. The second-order valence-electron chi connectivity index (χ2n) is 4.38. The number of benzene rings is 1. The molecule has 0 amide bonds. The lowest BCUT2D eigenvalue weighted by Gasteiger charge is -2.07. The zero-order valence-corrected chi connectivity index (χ0v) is 12.3. The van der Waals surface area contributed by atoms with Gasteiger partial charge >= 0.3 is 0 Å². The minimum Gasteiger partial charge on any atom is -0.496 e. The average Bonchev–Trinajstić information content (AvgIpc) is 3.13. The molecule has 0 atom stereocenters. The van der Waals surface area contributed by atoms with Gasteiger partial charge in [-0.1, -0.05) is 15.9 Å². The SMILES string of the molecule is COc1ccc(Br)cc1-c1nc(C2CC2)sc1N. The normalized spacial score (nSPS) is 14.8. The Hall–Kier alpha value is -1.07. The molecule has 0 bridgehead atoms. The van der Waals surface area contributed by atoms with Gasteiger partial charge < -0.3 is 10.5 Å². The largest absolute Gasteiger partial charge is 0.496 e. The van der Waals surface area contributed by atoms with Gasteiger partial charge in [-0.25, -0.2) is 4.98 Å². The molecule has 5 heteroatoms. The zero-order valence-electron chi connectivity index (χ0n) is 9.94. The number of ether oxygens (including phenoxy) is 1. The molecule has 1 saturated carbocycles. The van der Waals surface area contributed by atoms with E-state index in [2.05, 4.69) is 20.9 Å². The molecule has 1 aromatic carbocycles. The van der Waals surface area contributed by atoms with Crippen LogP contribution in [-0.2, 0) is 0 Å². The quantitative estimate of drug-likeness (QED) is 0.926. The second kappa shape index (κ2) is 4.55. The van der Waals surface area contributed by atoms with Crippen LogP contribution in [0.25, 0.3) is 11.3 Å². The summed E-state index contributed by atoms with van der Waals surface area (Å²) in [4.78, 5) is 4.68. The summed E-state index contributed by atoms with van der Waals surface area (Å²) in [6.07, 6.45) is 2.48. The minimum atomic E-state index is 0.629. The number of aromatic nitrogens is 1. The maximum Gasteiger partial charge on any atom is 0.128 e. The minimum absolute atomic E-state index is 0.629. The van der Waals surface area contributed by atoms with Gasteiger partial charge in [0, 0.05) is 16.0 Å². The molecule has 1 aromatic heterocycles. The highest BCUT2D eigenvalue weighted by molar-refractivity contribution is 9.10. The molecule has 2 N–H and O–H groups in total. The predicted molar refractivity (Wildman–Crippen MR) is 78.2 cm³/mol. The van der Waals surface area contributed by atoms with Gasteiger partial charge in [-0.2, -0.15) is 0 Å². The van der Waals surface area contributed by atoms with Crippen LogP contribution in [0.2, 0.25) is 0 Å². The summed E-state index contributed by atoms with van der Waals surface area (Å²) >= 11 is 5.08. The summed E-state index contributed by atoms with van der Waals surface area (Å²) in [5, 5.41) is 1.93. The molecule has 2 aromatic rings. The summed E-state index contributed by atoms with van der Waals surface area (Å²) in [5.74, 6) is 1.43. The van der Waals surface area contributed by atoms with Crippen LogP contribution in [0.5, 0.6) is 5.75 Å². The second-order valence-corrected chi connectivity index (χ2v) is 6.36. The fourth-order valence-electron chi connectivity index (χ4n) is 1.91. The number of halogens is 1. The van der Waals surface area contributed by atoms with E-state index in [1.165, 1.54) is 12.8 Å². The summed E-state index contributed by atoms with van der Waals surface area (Å²) in [5.41, 5.74) is 7.90. The van der Waals surface area contributed by atoms with Crippen LogP contribution >= 0.6 is 27.3 Å². The first-order valence-electron chi connectivity index (χ1n) is 5.79. The summed E-state index contributed by atoms with van der Waals surface area (Å²) in [7, 11) is 1.66. The summed E-state index contributed by atoms with van der Waals surface area (Å²) < 4.78 is 6.38. The first-order valence-corrected chi connectivity index (χ1v) is 7.40. The Labute approximate surface area is 118 Å². The van der Waals surface area contributed by atoms with Gasteiger partial charge in [0.1, 0.15) is 16.4 Å². The smallest absolute Gasteiger partial charge is 0.128 e. The van der Waals surface area contributed by atoms with Crippen LogP contribution < -0.4 is 10.5 Å². The molecule has 94 valence electrons. The Balaban J connectivity index is 2.10. The number of hydrogen-bond donors (Lipinski definition) is 1. The van der Waals surface area contributed by atoms with Crippen molar-refractivity contribution in [3.8, 4) is 17.0 Å². The van der Waals surface area contributed by atoms with Gasteiger partial charge in [-0.15, -0.1) is 11.3 Å². The van der Waals surface area contributed by atoms with E-state index in [4.69, 9.17) is 10.5 Å². The molecule has 1 heterocycles. The van der Waals surface area contributed by atoms with Gasteiger partial charge in [0.2, 0.25) is 0 Å². The number of anilines is 1. The third-order valence-electron chi connectivity index (χ3n) is 3.01. The number of rotatable bonds is 3. The summed E-state index contributed by atoms with van der Waals surface area (Å²) in [6.45, 7) is 0. The number of hydrogen-bond acceptors (Lipinski definition) is 4. The van der Waals surface area contributed by atoms with Crippen LogP contribution in [0.15, 0.2) is 22.7 Å². The Morgan fingerprint density at radius 2 is 2.22 bits per heavy atom. The maximum atomic E-state index is 6.10. The molecule has 0 spiro atoms. The van der Waals surface area contributed by atoms with Gasteiger partial charge in [0.15, 0.2) is 0 Å². The molecular formula is C13H13BrN2OS. The molecule has 1 aliphatic rings. The Morgan fingerprint density at radius 1 is 1.44 bits per heavy atom. The predicted octanol–water partition coefficient (Wildman–Crippen LogP) is 4.04.